The molecular weight excluding hydrogens is 825 g/mol. The molecule has 8 rings (SSSR count). The maximum atomic E-state index is 13.5. The average Bonchev–Trinajstić information content (AvgIpc) is 3.95. The van der Waals surface area contributed by atoms with Gasteiger partial charge in [-0.1, -0.05) is 31.4 Å². The van der Waals surface area contributed by atoms with Gasteiger partial charge in [0.25, 0.3) is 11.8 Å². The van der Waals surface area contributed by atoms with Crippen molar-refractivity contribution in [2.45, 2.75) is 50.9 Å². The maximum absolute atomic E-state index is 13.5. The molecule has 0 saturated carbocycles. The van der Waals surface area contributed by atoms with E-state index in [1.807, 2.05) is 0 Å². The summed E-state index contributed by atoms with van der Waals surface area (Å²) in [5.74, 6) is -0.581. The third-order valence-corrected chi connectivity index (χ3v) is 10.9. The van der Waals surface area contributed by atoms with Crippen molar-refractivity contribution >= 4 is 57.6 Å². The van der Waals surface area contributed by atoms with Gasteiger partial charge in [-0.3, -0.25) is 19.2 Å². The van der Waals surface area contributed by atoms with Crippen LogP contribution in [0.15, 0.2) is 92.6 Å². The number of H-pyrrole nitrogens is 2. The highest BCUT2D eigenvalue weighted by molar-refractivity contribution is 6.05. The fourth-order valence-electron chi connectivity index (χ4n) is 7.36. The summed E-state index contributed by atoms with van der Waals surface area (Å²) in [7, 11) is 0. The van der Waals surface area contributed by atoms with Crippen LogP contribution >= 0.6 is 0 Å². The van der Waals surface area contributed by atoms with Crippen LogP contribution in [0.4, 0.5) is 20.4 Å². The van der Waals surface area contributed by atoms with Crippen LogP contribution in [-0.4, -0.2) is 102 Å². The predicted molar refractivity (Wildman–Crippen MR) is 234 cm³/mol. The molecule has 4 aromatic heterocycles. The maximum Gasteiger partial charge on any atom is 0.255 e. The van der Waals surface area contributed by atoms with E-state index in [4.69, 9.17) is 5.26 Å². The van der Waals surface area contributed by atoms with Gasteiger partial charge in [0.05, 0.1) is 29.1 Å². The largest absolute Gasteiger partial charge is 0.366 e. The number of fused-ring (bicyclic) bond motifs is 2. The number of carbonyl (C=O) groups is 4. The first kappa shape index (κ1) is 44.1. The molecule has 2 aliphatic heterocycles. The molecule has 6 N–H and O–H groups in total. The molecule has 0 spiro atoms. The molecule has 17 nitrogen and oxygen atoms in total. The molecule has 64 heavy (non-hydrogen) atoms. The summed E-state index contributed by atoms with van der Waals surface area (Å²) >= 11 is 0. The SMILES string of the molecule is C=CC(=O)N1CCC(Nc2cnc3[nH]cc(C(=O)NCc4ccc(F)c(C#N)c4)c3n2)CC1.C=CC(=O)N1CCC(Nc2cnc3[nH]cc(C(=O)NCc4ccc(F)cc4)c3n2)CC1. The van der Waals surface area contributed by atoms with Crippen molar-refractivity contribution in [3.8, 4) is 6.07 Å². The van der Waals surface area contributed by atoms with Crippen LogP contribution in [0.1, 0.15) is 63.1 Å². The zero-order chi connectivity index (χ0) is 45.2. The van der Waals surface area contributed by atoms with Gasteiger partial charge >= 0.3 is 0 Å². The number of hydrogen-bond donors (Lipinski definition) is 6. The molecule has 6 heterocycles. The summed E-state index contributed by atoms with van der Waals surface area (Å²) < 4.78 is 26.5. The average molecular weight is 870 g/mol. The van der Waals surface area contributed by atoms with Gasteiger partial charge in [-0.2, -0.15) is 5.26 Å². The molecule has 19 heteroatoms. The number of benzene rings is 2. The van der Waals surface area contributed by atoms with Gasteiger partial charge in [0.1, 0.15) is 40.4 Å². The Morgan fingerprint density at radius 1 is 0.719 bits per heavy atom. The Kier molecular flexibility index (Phi) is 13.9. The Balaban J connectivity index is 0.000000192. The van der Waals surface area contributed by atoms with Crippen molar-refractivity contribution in [3.05, 3.63) is 132 Å². The van der Waals surface area contributed by atoms with E-state index in [1.165, 1.54) is 48.7 Å². The summed E-state index contributed by atoms with van der Waals surface area (Å²) in [6.07, 6.45) is 12.1. The van der Waals surface area contributed by atoms with Gasteiger partial charge in [-0.15, -0.1) is 0 Å². The molecule has 2 fully saturated rings. The van der Waals surface area contributed by atoms with E-state index in [2.05, 4.69) is 64.3 Å². The minimum Gasteiger partial charge on any atom is -0.366 e. The van der Waals surface area contributed by atoms with E-state index in [-0.39, 0.29) is 60.2 Å². The van der Waals surface area contributed by atoms with Crippen LogP contribution in [0.5, 0.6) is 0 Å². The Morgan fingerprint density at radius 3 is 1.62 bits per heavy atom. The zero-order valence-electron chi connectivity index (χ0n) is 34.7. The Bertz CT molecular complexity index is 2730. The number of halogens is 2. The topological polar surface area (TPSA) is 230 Å². The van der Waals surface area contributed by atoms with E-state index < -0.39 is 5.82 Å². The van der Waals surface area contributed by atoms with E-state index in [1.54, 1.807) is 46.6 Å². The van der Waals surface area contributed by atoms with Crippen molar-refractivity contribution in [2.24, 2.45) is 0 Å². The Labute approximate surface area is 366 Å². The number of anilines is 2. The van der Waals surface area contributed by atoms with Gasteiger partial charge in [0, 0.05) is 63.7 Å². The number of likely N-dealkylation sites (tertiary alicyclic amines) is 2. The second-order valence-electron chi connectivity index (χ2n) is 15.1. The van der Waals surface area contributed by atoms with Crippen LogP contribution in [0.3, 0.4) is 0 Å². The number of rotatable bonds is 12. The Morgan fingerprint density at radius 2 is 1.17 bits per heavy atom. The highest BCUT2D eigenvalue weighted by Gasteiger charge is 2.24. The molecule has 0 atom stereocenters. The molecule has 2 saturated heterocycles. The minimum atomic E-state index is -0.600. The number of nitrogens with zero attached hydrogens (tertiary/aromatic N) is 7. The molecule has 0 radical (unpaired) electrons. The first-order valence-corrected chi connectivity index (χ1v) is 20.5. The van der Waals surface area contributed by atoms with Crippen molar-refractivity contribution in [1.29, 1.82) is 5.26 Å². The summed E-state index contributed by atoms with van der Waals surface area (Å²) in [4.78, 5) is 76.1. The third-order valence-electron chi connectivity index (χ3n) is 10.9. The van der Waals surface area contributed by atoms with Gasteiger partial charge in [-0.25, -0.2) is 28.7 Å². The van der Waals surface area contributed by atoms with E-state index in [0.717, 1.165) is 31.2 Å². The number of aromatic nitrogens is 6. The van der Waals surface area contributed by atoms with Crippen LogP contribution in [0.25, 0.3) is 22.3 Å². The molecule has 0 unspecified atom stereocenters. The fraction of sp³-hybridized carbons (Fsp3) is 0.267. The number of nitrogens with one attached hydrogen (secondary N) is 6. The lowest BCUT2D eigenvalue weighted by Crippen LogP contribution is -2.41. The summed E-state index contributed by atoms with van der Waals surface area (Å²) in [5.41, 5.74) is 3.94. The molecule has 4 amide bonds. The minimum absolute atomic E-state index is 0.0525. The van der Waals surface area contributed by atoms with Gasteiger partial charge in [-0.05, 0) is 73.2 Å². The lowest BCUT2D eigenvalue weighted by molar-refractivity contribution is -0.127. The van der Waals surface area contributed by atoms with E-state index in [0.29, 0.717) is 76.8 Å². The summed E-state index contributed by atoms with van der Waals surface area (Å²) in [6, 6.07) is 12.2. The molecule has 0 aliphatic carbocycles. The fourth-order valence-corrected chi connectivity index (χ4v) is 7.36. The van der Waals surface area contributed by atoms with Crippen molar-refractivity contribution in [1.82, 2.24) is 50.3 Å². The monoisotopic (exact) mass is 869 g/mol. The molecule has 2 aromatic carbocycles. The molecule has 328 valence electrons. The van der Waals surface area contributed by atoms with Crippen LogP contribution in [-0.2, 0) is 22.7 Å². The molecule has 2 aliphatic rings. The summed E-state index contributed by atoms with van der Waals surface area (Å²) in [5, 5.41) is 21.2. The lowest BCUT2D eigenvalue weighted by atomic mass is 10.1. The number of nitriles is 1. The number of aromatic amines is 2. The number of hydrogen-bond acceptors (Lipinski definition) is 11. The first-order chi connectivity index (χ1) is 31.0. The Hall–Kier alpha value is -8.01. The van der Waals surface area contributed by atoms with Gasteiger partial charge < -0.3 is 41.0 Å². The van der Waals surface area contributed by atoms with E-state index >= 15 is 0 Å². The van der Waals surface area contributed by atoms with Crippen LogP contribution < -0.4 is 21.3 Å². The molecule has 0 bridgehead atoms. The smallest absolute Gasteiger partial charge is 0.255 e. The van der Waals surface area contributed by atoms with Crippen molar-refractivity contribution < 1.29 is 28.0 Å². The lowest BCUT2D eigenvalue weighted by Gasteiger charge is -2.31. The summed E-state index contributed by atoms with van der Waals surface area (Å²) in [6.45, 7) is 10.0. The molecular formula is C45H45F2N13O4. The van der Waals surface area contributed by atoms with Gasteiger partial charge in [0.2, 0.25) is 11.8 Å². The highest BCUT2D eigenvalue weighted by atomic mass is 19.1. The van der Waals surface area contributed by atoms with Crippen molar-refractivity contribution in [3.63, 3.8) is 0 Å². The zero-order valence-corrected chi connectivity index (χ0v) is 34.7. The second kappa shape index (κ2) is 20.2. The van der Waals surface area contributed by atoms with Gasteiger partial charge in [0.15, 0.2) is 11.3 Å². The van der Waals surface area contributed by atoms with E-state index in [9.17, 15) is 28.0 Å². The van der Waals surface area contributed by atoms with Crippen LogP contribution in [0, 0.1) is 23.0 Å². The highest BCUT2D eigenvalue weighted by Crippen LogP contribution is 2.22. The first-order valence-electron chi connectivity index (χ1n) is 20.5. The van der Waals surface area contributed by atoms with Crippen molar-refractivity contribution in [2.75, 3.05) is 36.8 Å². The molecule has 6 aromatic rings. The number of amides is 4. The number of piperidine rings is 2. The number of carbonyl (C=O) groups excluding carboxylic acids is 4. The standard InChI is InChI=1S/C23H22FN7O2.C22H23FN6O2/c1-2-20(32)31-7-5-16(6-8-31)29-19-13-27-22-21(30-19)17(12-26-22)23(33)28-11-14-3-4-18(24)15(9-14)10-25;1-2-19(30)29-9-7-16(8-10-29)27-18-13-25-21-20(28-18)17(12-24-21)22(31)26-11-14-3-5-15(23)6-4-14/h2-4,9,12-13,16H,1,5-8,11H2,(H,26,27)(H,28,33)(H,29,30);2-6,12-13,16H,1,7-11H2,(H,24,25)(H,26,31)(H,27,28). The normalized spacial score (nSPS) is 14.2. The van der Waals surface area contributed by atoms with Crippen LogP contribution in [0.2, 0.25) is 0 Å². The predicted octanol–water partition coefficient (Wildman–Crippen LogP) is 5.10. The second-order valence-corrected chi connectivity index (χ2v) is 15.1. The quantitative estimate of drug-likeness (QED) is 0.0887. The third kappa shape index (κ3) is 10.7.